The Morgan fingerprint density at radius 1 is 1.07 bits per heavy atom. The summed E-state index contributed by atoms with van der Waals surface area (Å²) in [6, 6.07) is 15.3. The minimum absolute atomic E-state index is 0.0169. The van der Waals surface area contributed by atoms with Crippen molar-refractivity contribution in [2.75, 3.05) is 27.4 Å². The van der Waals surface area contributed by atoms with Crippen molar-refractivity contribution in [2.45, 2.75) is 49.1 Å². The Bertz CT molecular complexity index is 1890. The first kappa shape index (κ1) is 33.0. The zero-order valence-electron chi connectivity index (χ0n) is 25.4. The van der Waals surface area contributed by atoms with Gasteiger partial charge in [-0.1, -0.05) is 36.0 Å². The fourth-order valence-corrected chi connectivity index (χ4v) is 8.11. The average molecular weight is 670 g/mol. The number of fused-ring (bicyclic) bond motifs is 1. The number of rotatable bonds is 13. The van der Waals surface area contributed by atoms with E-state index in [4.69, 9.17) is 19.3 Å². The molecule has 3 N–H and O–H groups in total. The molecule has 1 aliphatic rings. The molecule has 0 radical (unpaired) electrons. The van der Waals surface area contributed by atoms with Gasteiger partial charge in [-0.2, -0.15) is 4.31 Å². The van der Waals surface area contributed by atoms with Crippen LogP contribution in [-0.2, 0) is 26.0 Å². The van der Waals surface area contributed by atoms with E-state index in [2.05, 4.69) is 10.3 Å². The molecule has 5 rings (SSSR count). The van der Waals surface area contributed by atoms with Gasteiger partial charge in [-0.25, -0.2) is 13.2 Å². The van der Waals surface area contributed by atoms with E-state index in [0.29, 0.717) is 65.1 Å². The minimum atomic E-state index is -4.07. The molecular formula is C32H35N3O9S2. The van der Waals surface area contributed by atoms with E-state index in [1.165, 1.54) is 16.4 Å². The van der Waals surface area contributed by atoms with Gasteiger partial charge in [0.15, 0.2) is 18.1 Å². The SMILES string of the molecule is COc1ccc(CC[C@@H](NC(=O)[C@@H]2CCCCN2S(=O)(=O)c2ccc3[nH]c(=O)sc3c2)c2cccc(OCC(=O)O)c2)cc1OC. The number of carboxylic acids is 1. The molecule has 1 saturated heterocycles. The minimum Gasteiger partial charge on any atom is -0.493 e. The first-order valence-corrected chi connectivity index (χ1v) is 16.9. The molecule has 0 spiro atoms. The van der Waals surface area contributed by atoms with Crippen LogP contribution in [0.5, 0.6) is 17.2 Å². The van der Waals surface area contributed by atoms with Crippen LogP contribution >= 0.6 is 11.3 Å². The van der Waals surface area contributed by atoms with Crippen molar-refractivity contribution < 1.29 is 37.3 Å². The lowest BCUT2D eigenvalue weighted by Gasteiger charge is -2.34. The zero-order valence-corrected chi connectivity index (χ0v) is 27.0. The number of methoxy groups -OCH3 is 2. The Hall–Kier alpha value is -4.40. The number of aryl methyl sites for hydroxylation is 1. The monoisotopic (exact) mass is 669 g/mol. The normalized spacial score (nSPS) is 16.1. The molecule has 1 amide bonds. The lowest BCUT2D eigenvalue weighted by molar-refractivity contribution is -0.139. The first-order chi connectivity index (χ1) is 22.1. The predicted molar refractivity (Wildman–Crippen MR) is 172 cm³/mol. The molecule has 0 unspecified atom stereocenters. The Labute approximate surface area is 270 Å². The van der Waals surface area contributed by atoms with Crippen molar-refractivity contribution in [2.24, 2.45) is 0 Å². The number of amides is 1. The van der Waals surface area contributed by atoms with Gasteiger partial charge in [0.25, 0.3) is 0 Å². The summed E-state index contributed by atoms with van der Waals surface area (Å²) in [6.07, 6.45) is 2.59. The molecule has 0 saturated carbocycles. The van der Waals surface area contributed by atoms with Crippen LogP contribution in [-0.4, -0.2) is 68.1 Å². The van der Waals surface area contributed by atoms with E-state index in [-0.39, 0.29) is 16.3 Å². The number of carboxylic acid groups (broad SMARTS) is 1. The zero-order chi connectivity index (χ0) is 32.8. The molecular weight excluding hydrogens is 634 g/mol. The van der Waals surface area contributed by atoms with Crippen LogP contribution in [0.25, 0.3) is 10.2 Å². The van der Waals surface area contributed by atoms with Gasteiger partial charge in [0.05, 0.1) is 35.4 Å². The number of H-pyrrole nitrogens is 1. The number of sulfonamides is 1. The van der Waals surface area contributed by atoms with Crippen molar-refractivity contribution in [1.29, 1.82) is 0 Å². The lowest BCUT2D eigenvalue weighted by atomic mass is 9.97. The molecule has 3 aromatic carbocycles. The van der Waals surface area contributed by atoms with Gasteiger partial charge < -0.3 is 29.6 Å². The molecule has 4 aromatic rings. The largest absolute Gasteiger partial charge is 0.493 e. The molecule has 2 atom stereocenters. The molecule has 1 aliphatic heterocycles. The van der Waals surface area contributed by atoms with Gasteiger partial charge >= 0.3 is 10.8 Å². The number of carbonyl (C=O) groups is 2. The topological polar surface area (TPSA) is 164 Å². The highest BCUT2D eigenvalue weighted by Crippen LogP contribution is 2.32. The van der Waals surface area contributed by atoms with Crippen LogP contribution < -0.4 is 24.4 Å². The third-order valence-corrected chi connectivity index (χ3v) is 10.6. The molecule has 14 heteroatoms. The summed E-state index contributed by atoms with van der Waals surface area (Å²) in [5.41, 5.74) is 2.16. The number of aromatic amines is 1. The van der Waals surface area contributed by atoms with Crippen LogP contribution in [0.1, 0.15) is 42.9 Å². The van der Waals surface area contributed by atoms with Crippen molar-refractivity contribution in [3.63, 3.8) is 0 Å². The van der Waals surface area contributed by atoms with Crippen LogP contribution in [0, 0.1) is 0 Å². The second-order valence-electron chi connectivity index (χ2n) is 10.8. The molecule has 244 valence electrons. The Balaban J connectivity index is 1.41. The maximum absolute atomic E-state index is 14.0. The van der Waals surface area contributed by atoms with Gasteiger partial charge in [-0.15, -0.1) is 0 Å². The lowest BCUT2D eigenvalue weighted by Crippen LogP contribution is -2.52. The first-order valence-electron chi connectivity index (χ1n) is 14.7. The third kappa shape index (κ3) is 7.52. The maximum atomic E-state index is 14.0. The van der Waals surface area contributed by atoms with E-state index in [9.17, 15) is 22.8 Å². The molecule has 12 nitrogen and oxygen atoms in total. The van der Waals surface area contributed by atoms with Gasteiger partial charge in [-0.05, 0) is 79.3 Å². The highest BCUT2D eigenvalue weighted by Gasteiger charge is 2.38. The van der Waals surface area contributed by atoms with Crippen molar-refractivity contribution in [3.05, 3.63) is 81.5 Å². The Morgan fingerprint density at radius 2 is 1.87 bits per heavy atom. The summed E-state index contributed by atoms with van der Waals surface area (Å²) >= 11 is 0.925. The summed E-state index contributed by atoms with van der Waals surface area (Å²) in [7, 11) is -0.964. The van der Waals surface area contributed by atoms with Crippen molar-refractivity contribution in [3.8, 4) is 17.2 Å². The summed E-state index contributed by atoms with van der Waals surface area (Å²) in [4.78, 5) is 39.3. The molecule has 2 heterocycles. The number of nitrogens with zero attached hydrogens (tertiary/aromatic N) is 1. The molecule has 46 heavy (non-hydrogen) atoms. The number of thiazole rings is 1. The van der Waals surface area contributed by atoms with Gasteiger partial charge in [-0.3, -0.25) is 9.59 Å². The van der Waals surface area contributed by atoms with Crippen molar-refractivity contribution >= 4 is 43.5 Å². The van der Waals surface area contributed by atoms with E-state index >= 15 is 0 Å². The Morgan fingerprint density at radius 3 is 2.63 bits per heavy atom. The van der Waals surface area contributed by atoms with Gasteiger partial charge in [0, 0.05) is 6.54 Å². The quantitative estimate of drug-likeness (QED) is 0.190. The summed E-state index contributed by atoms with van der Waals surface area (Å²) in [5.74, 6) is -0.0767. The number of aromatic nitrogens is 1. The standard InChI is InChI=1S/C32H35N3O9S2/c1-42-27-14-10-20(16-28(27)43-2)9-12-24(21-6-5-7-22(17-21)44-19-30(36)37)33-31(38)26-8-3-4-15-35(26)46(40,41)23-11-13-25-29(18-23)45-32(39)34-25/h5-7,10-11,13-14,16-18,24,26H,3-4,8-9,12,15,19H2,1-2H3,(H,33,38)(H,34,39)(H,36,37)/t24-,26+/m1/s1. The smallest absolute Gasteiger partial charge is 0.341 e. The van der Waals surface area contributed by atoms with Crippen LogP contribution in [0.3, 0.4) is 0 Å². The molecule has 1 aromatic heterocycles. The van der Waals surface area contributed by atoms with Crippen LogP contribution in [0.4, 0.5) is 0 Å². The molecule has 1 fully saturated rings. The van der Waals surface area contributed by atoms with Crippen molar-refractivity contribution in [1.82, 2.24) is 14.6 Å². The fraction of sp³-hybridized carbons (Fsp3) is 0.344. The number of hydrogen-bond acceptors (Lipinski definition) is 9. The van der Waals surface area contributed by atoms with Gasteiger partial charge in [0.1, 0.15) is 11.8 Å². The fourth-order valence-electron chi connectivity index (χ4n) is 5.58. The van der Waals surface area contributed by atoms with Crippen LogP contribution in [0.2, 0.25) is 0 Å². The number of carbonyl (C=O) groups excluding carboxylic acids is 1. The number of piperidine rings is 1. The van der Waals surface area contributed by atoms with Gasteiger partial charge in [0.2, 0.25) is 15.9 Å². The average Bonchev–Trinajstić information content (AvgIpc) is 3.44. The number of nitrogens with one attached hydrogen (secondary N) is 2. The number of aliphatic carboxylic acids is 1. The number of ether oxygens (including phenoxy) is 3. The van der Waals surface area contributed by atoms with E-state index in [1.54, 1.807) is 50.6 Å². The molecule has 0 bridgehead atoms. The summed E-state index contributed by atoms with van der Waals surface area (Å²) in [6.45, 7) is -0.344. The van der Waals surface area contributed by atoms with Crippen LogP contribution in [0.15, 0.2) is 70.4 Å². The van der Waals surface area contributed by atoms with E-state index in [1.807, 2.05) is 12.1 Å². The second kappa shape index (κ2) is 14.4. The number of hydrogen-bond donors (Lipinski definition) is 3. The molecule has 0 aliphatic carbocycles. The van der Waals surface area contributed by atoms with E-state index < -0.39 is 40.6 Å². The number of benzene rings is 3. The summed E-state index contributed by atoms with van der Waals surface area (Å²) in [5, 5.41) is 12.1. The highest BCUT2D eigenvalue weighted by molar-refractivity contribution is 7.89. The Kier molecular flexibility index (Phi) is 10.3. The third-order valence-electron chi connectivity index (χ3n) is 7.86. The maximum Gasteiger partial charge on any atom is 0.341 e. The highest BCUT2D eigenvalue weighted by atomic mass is 32.2. The summed E-state index contributed by atoms with van der Waals surface area (Å²) < 4.78 is 45.7. The predicted octanol–water partition coefficient (Wildman–Crippen LogP) is 4.10. The van der Waals surface area contributed by atoms with E-state index in [0.717, 1.165) is 16.9 Å². The second-order valence-corrected chi connectivity index (χ2v) is 13.7.